The number of ether oxygens (including phenoxy) is 2. The van der Waals surface area contributed by atoms with E-state index in [2.05, 4.69) is 19.5 Å². The van der Waals surface area contributed by atoms with Crippen molar-refractivity contribution in [3.05, 3.63) is 101 Å². The summed E-state index contributed by atoms with van der Waals surface area (Å²) in [6.45, 7) is 3.36. The monoisotopic (exact) mass is 537 g/mol. The Hall–Kier alpha value is -4.50. The molecule has 0 radical (unpaired) electrons. The highest BCUT2D eigenvalue weighted by Gasteiger charge is 2.22. The number of carbonyl (C=O) groups excluding carboxylic acids is 1. The molecule has 0 unspecified atom stereocenters. The maximum absolute atomic E-state index is 14.2. The van der Waals surface area contributed by atoms with Crippen LogP contribution in [-0.2, 0) is 30.7 Å². The number of hydrogen-bond acceptors (Lipinski definition) is 7. The molecule has 4 aromatic heterocycles. The molecular formula is C31H28FN5O3. The minimum Gasteiger partial charge on any atom is -0.473 e. The summed E-state index contributed by atoms with van der Waals surface area (Å²) in [7, 11) is 0. The van der Waals surface area contributed by atoms with Crippen LogP contribution < -0.4 is 4.74 Å². The first-order valence-electron chi connectivity index (χ1n) is 13.3. The molecule has 0 bridgehead atoms. The van der Waals surface area contributed by atoms with Gasteiger partial charge in [-0.25, -0.2) is 19.3 Å². The molecule has 1 aliphatic rings. The molecular weight excluding hydrogens is 509 g/mol. The van der Waals surface area contributed by atoms with E-state index in [0.29, 0.717) is 42.2 Å². The van der Waals surface area contributed by atoms with Crippen molar-refractivity contribution in [2.45, 2.75) is 45.4 Å². The summed E-state index contributed by atoms with van der Waals surface area (Å²) in [5.74, 6) is 1.01. The lowest BCUT2D eigenvalue weighted by Gasteiger charge is -2.27. The number of carbonyl (C=O) groups is 1. The van der Waals surface area contributed by atoms with Crippen LogP contribution in [0.5, 0.6) is 5.88 Å². The minimum absolute atomic E-state index is 0.0975. The van der Waals surface area contributed by atoms with E-state index in [1.807, 2.05) is 43.3 Å². The predicted octanol–water partition coefficient (Wildman–Crippen LogP) is 5.30. The molecule has 1 saturated heterocycles. The molecule has 0 spiro atoms. The Bertz CT molecular complexity index is 1680. The van der Waals surface area contributed by atoms with E-state index >= 15 is 0 Å². The summed E-state index contributed by atoms with van der Waals surface area (Å²) in [6.07, 6.45) is 4.94. The Morgan fingerprint density at radius 1 is 1.07 bits per heavy atom. The molecule has 6 rings (SSSR count). The van der Waals surface area contributed by atoms with Crippen molar-refractivity contribution in [3.63, 3.8) is 0 Å². The second kappa shape index (κ2) is 11.3. The van der Waals surface area contributed by atoms with Crippen LogP contribution in [0.3, 0.4) is 0 Å². The Balaban J connectivity index is 1.18. The number of fused-ring (bicyclic) bond motifs is 1. The van der Waals surface area contributed by atoms with Gasteiger partial charge in [0.1, 0.15) is 29.5 Å². The second-order valence-electron chi connectivity index (χ2n) is 9.90. The van der Waals surface area contributed by atoms with Crippen molar-refractivity contribution in [2.75, 3.05) is 6.61 Å². The number of aromatic nitrogens is 5. The van der Waals surface area contributed by atoms with Gasteiger partial charge in [-0.2, -0.15) is 0 Å². The quantitative estimate of drug-likeness (QED) is 0.223. The highest BCUT2D eigenvalue weighted by Crippen LogP contribution is 2.24. The molecule has 1 aromatic carbocycles. The molecule has 0 amide bonds. The predicted molar refractivity (Wildman–Crippen MR) is 148 cm³/mol. The van der Waals surface area contributed by atoms with Gasteiger partial charge in [0.05, 0.1) is 18.3 Å². The van der Waals surface area contributed by atoms with Crippen molar-refractivity contribution < 1.29 is 18.7 Å². The summed E-state index contributed by atoms with van der Waals surface area (Å²) < 4.78 is 27.7. The van der Waals surface area contributed by atoms with Crippen LogP contribution >= 0.6 is 0 Å². The van der Waals surface area contributed by atoms with Gasteiger partial charge < -0.3 is 14.0 Å². The molecule has 0 N–H and O–H groups in total. The van der Waals surface area contributed by atoms with Crippen LogP contribution in [0, 0.1) is 12.7 Å². The van der Waals surface area contributed by atoms with Gasteiger partial charge in [-0.3, -0.25) is 9.78 Å². The minimum atomic E-state index is -0.288. The zero-order chi connectivity index (χ0) is 27.5. The van der Waals surface area contributed by atoms with Crippen LogP contribution in [0.4, 0.5) is 4.39 Å². The van der Waals surface area contributed by atoms with E-state index < -0.39 is 0 Å². The largest absolute Gasteiger partial charge is 0.473 e. The van der Waals surface area contributed by atoms with Crippen LogP contribution in [0.25, 0.3) is 22.4 Å². The number of hydrogen-bond donors (Lipinski definition) is 0. The number of aryl methyl sites for hydroxylation is 3. The highest BCUT2D eigenvalue weighted by atomic mass is 19.1. The SMILES string of the molecule is Cc1ccc(COc2cccc(-c3ccnc(CCc4nc5ccc(C=O)nc5n4C[C@@H]4CCO4)c3)n2)c(F)c1. The summed E-state index contributed by atoms with van der Waals surface area (Å²) in [5, 5.41) is 0. The Labute approximate surface area is 230 Å². The topological polar surface area (TPSA) is 92.0 Å². The first kappa shape index (κ1) is 25.8. The smallest absolute Gasteiger partial charge is 0.214 e. The van der Waals surface area contributed by atoms with E-state index in [9.17, 15) is 9.18 Å². The number of nitrogens with zero attached hydrogens (tertiary/aromatic N) is 5. The third-order valence-corrected chi connectivity index (χ3v) is 7.02. The normalized spacial score (nSPS) is 14.7. The molecule has 1 aliphatic heterocycles. The summed E-state index contributed by atoms with van der Waals surface area (Å²) in [4.78, 5) is 29.8. The molecule has 1 atom stereocenters. The third kappa shape index (κ3) is 5.60. The zero-order valence-electron chi connectivity index (χ0n) is 22.1. The van der Waals surface area contributed by atoms with Crippen LogP contribution in [0.1, 0.15) is 39.6 Å². The number of pyridine rings is 3. The van der Waals surface area contributed by atoms with E-state index in [1.165, 1.54) is 6.07 Å². The molecule has 8 nitrogen and oxygen atoms in total. The average molecular weight is 538 g/mol. The molecule has 1 fully saturated rings. The highest BCUT2D eigenvalue weighted by molar-refractivity contribution is 5.79. The molecule has 5 aromatic rings. The van der Waals surface area contributed by atoms with Gasteiger partial charge in [-0.05, 0) is 61.7 Å². The van der Waals surface area contributed by atoms with Gasteiger partial charge in [-0.15, -0.1) is 0 Å². The van der Waals surface area contributed by atoms with Crippen molar-refractivity contribution >= 4 is 17.5 Å². The lowest BCUT2D eigenvalue weighted by molar-refractivity contribution is -0.0590. The fraction of sp³-hybridized carbons (Fsp3) is 0.258. The van der Waals surface area contributed by atoms with Gasteiger partial charge >= 0.3 is 0 Å². The van der Waals surface area contributed by atoms with E-state index in [1.54, 1.807) is 24.4 Å². The molecule has 40 heavy (non-hydrogen) atoms. The number of rotatable bonds is 10. The molecule has 5 heterocycles. The summed E-state index contributed by atoms with van der Waals surface area (Å²) in [6, 6.07) is 18.1. The van der Waals surface area contributed by atoms with E-state index in [0.717, 1.165) is 53.2 Å². The summed E-state index contributed by atoms with van der Waals surface area (Å²) in [5.41, 5.74) is 5.73. The maximum Gasteiger partial charge on any atom is 0.214 e. The fourth-order valence-electron chi connectivity index (χ4n) is 4.73. The first-order chi connectivity index (χ1) is 19.6. The van der Waals surface area contributed by atoms with E-state index in [-0.39, 0.29) is 18.5 Å². The number of halogens is 1. The molecule has 9 heteroatoms. The van der Waals surface area contributed by atoms with Crippen LogP contribution in [0.2, 0.25) is 0 Å². The van der Waals surface area contributed by atoms with Gasteiger partial charge in [0.25, 0.3) is 0 Å². The Morgan fingerprint density at radius 3 is 2.77 bits per heavy atom. The third-order valence-electron chi connectivity index (χ3n) is 7.02. The van der Waals surface area contributed by atoms with Gasteiger partial charge in [0, 0.05) is 42.1 Å². The van der Waals surface area contributed by atoms with Crippen molar-refractivity contribution in [3.8, 4) is 17.1 Å². The zero-order valence-corrected chi connectivity index (χ0v) is 22.1. The van der Waals surface area contributed by atoms with E-state index in [4.69, 9.17) is 14.5 Å². The van der Waals surface area contributed by atoms with Crippen LogP contribution in [-0.4, -0.2) is 43.5 Å². The molecule has 202 valence electrons. The standard InChI is InChI=1S/C31H28FN5O3/c1-20-5-6-22(26(32)15-20)19-40-30-4-2-3-27(36-30)21-11-13-33-23(16-21)8-10-29-35-28-9-7-24(18-38)34-31(28)37(29)17-25-12-14-39-25/h2-7,9,11,13,15-16,18,25H,8,10,12,14,17,19H2,1H3/t25-/m0/s1. The van der Waals surface area contributed by atoms with Gasteiger partial charge in [-0.1, -0.05) is 18.2 Å². The molecule has 0 saturated carbocycles. The lowest BCUT2D eigenvalue weighted by atomic mass is 10.1. The number of aldehydes is 1. The lowest BCUT2D eigenvalue weighted by Crippen LogP contribution is -2.32. The number of benzene rings is 1. The summed E-state index contributed by atoms with van der Waals surface area (Å²) >= 11 is 0. The van der Waals surface area contributed by atoms with Gasteiger partial charge in [0.15, 0.2) is 11.9 Å². The van der Waals surface area contributed by atoms with Crippen molar-refractivity contribution in [2.24, 2.45) is 0 Å². The first-order valence-corrected chi connectivity index (χ1v) is 13.3. The van der Waals surface area contributed by atoms with Crippen LogP contribution in [0.15, 0.2) is 66.9 Å². The van der Waals surface area contributed by atoms with Crippen molar-refractivity contribution in [1.29, 1.82) is 0 Å². The van der Waals surface area contributed by atoms with Gasteiger partial charge in [0.2, 0.25) is 5.88 Å². The Morgan fingerprint density at radius 2 is 1.98 bits per heavy atom. The molecule has 0 aliphatic carbocycles. The second-order valence-corrected chi connectivity index (χ2v) is 9.90. The van der Waals surface area contributed by atoms with Crippen molar-refractivity contribution in [1.82, 2.24) is 24.5 Å². The average Bonchev–Trinajstić information content (AvgIpc) is 3.30. The Kier molecular flexibility index (Phi) is 7.29. The fourth-order valence-corrected chi connectivity index (χ4v) is 4.73. The number of imidazole rings is 1. The maximum atomic E-state index is 14.2.